The molecule has 0 aromatic heterocycles. The molecule has 0 aliphatic heterocycles. The summed E-state index contributed by atoms with van der Waals surface area (Å²) >= 11 is 0. The van der Waals surface area contributed by atoms with Crippen molar-refractivity contribution in [1.29, 1.82) is 5.26 Å². The third kappa shape index (κ3) is 4.80. The van der Waals surface area contributed by atoms with Crippen molar-refractivity contribution in [2.24, 2.45) is 5.92 Å². The summed E-state index contributed by atoms with van der Waals surface area (Å²) in [5.74, 6) is 0.306. The number of nitrogens with one attached hydrogen (secondary N) is 1. The van der Waals surface area contributed by atoms with Gasteiger partial charge in [0.2, 0.25) is 5.91 Å². The maximum atomic E-state index is 11.4. The first-order chi connectivity index (χ1) is 7.27. The molecule has 1 N–H and O–H groups in total. The highest BCUT2D eigenvalue weighted by Crippen LogP contribution is 2.32. The van der Waals surface area contributed by atoms with Gasteiger partial charge in [0.05, 0.1) is 12.7 Å². The van der Waals surface area contributed by atoms with Gasteiger partial charge in [-0.05, 0) is 25.2 Å². The lowest BCUT2D eigenvalue weighted by Gasteiger charge is -2.10. The fourth-order valence-electron chi connectivity index (χ4n) is 1.34. The molecule has 0 aromatic rings. The van der Waals surface area contributed by atoms with Gasteiger partial charge in [0, 0.05) is 13.0 Å². The molecule has 1 aliphatic carbocycles. The first kappa shape index (κ1) is 12.0. The fourth-order valence-corrected chi connectivity index (χ4v) is 1.34. The Kier molecular flexibility index (Phi) is 5.13. The van der Waals surface area contributed by atoms with E-state index in [1.165, 1.54) is 0 Å². The molecule has 1 aliphatic rings. The van der Waals surface area contributed by atoms with E-state index in [0.717, 1.165) is 19.3 Å². The molecular weight excluding hydrogens is 192 g/mol. The maximum absolute atomic E-state index is 11.4. The van der Waals surface area contributed by atoms with Crippen LogP contribution >= 0.6 is 0 Å². The zero-order valence-electron chi connectivity index (χ0n) is 9.16. The predicted molar refractivity (Wildman–Crippen MR) is 56.0 cm³/mol. The fraction of sp³-hybridized carbons (Fsp3) is 0.818. The van der Waals surface area contributed by atoms with E-state index in [4.69, 9.17) is 10.00 Å². The van der Waals surface area contributed by atoms with Crippen LogP contribution in [0.5, 0.6) is 0 Å². The molecule has 1 saturated carbocycles. The van der Waals surface area contributed by atoms with Crippen LogP contribution in [-0.4, -0.2) is 25.2 Å². The largest absolute Gasteiger partial charge is 0.381 e. The lowest BCUT2D eigenvalue weighted by Crippen LogP contribution is -2.35. The van der Waals surface area contributed by atoms with Crippen LogP contribution in [0.2, 0.25) is 0 Å². The van der Waals surface area contributed by atoms with Gasteiger partial charge in [-0.25, -0.2) is 0 Å². The van der Waals surface area contributed by atoms with Gasteiger partial charge in [-0.1, -0.05) is 6.92 Å². The van der Waals surface area contributed by atoms with Crippen molar-refractivity contribution in [3.05, 3.63) is 0 Å². The highest BCUT2D eigenvalue weighted by Gasteiger charge is 2.32. The Bertz CT molecular complexity index is 243. The molecule has 0 saturated heterocycles. The Hall–Kier alpha value is -1.08. The molecule has 15 heavy (non-hydrogen) atoms. The molecule has 1 rings (SSSR count). The highest BCUT2D eigenvalue weighted by molar-refractivity contribution is 5.76. The third-order valence-electron chi connectivity index (χ3n) is 2.37. The van der Waals surface area contributed by atoms with Crippen LogP contribution in [0.4, 0.5) is 0 Å². The van der Waals surface area contributed by atoms with Crippen LogP contribution in [0.15, 0.2) is 0 Å². The SMILES string of the molecule is CCCOCCC(=O)NC(C#N)C1CC1. The molecule has 0 spiro atoms. The number of rotatable bonds is 7. The van der Waals surface area contributed by atoms with Gasteiger partial charge in [0.1, 0.15) is 6.04 Å². The molecule has 1 atom stereocenters. The van der Waals surface area contributed by atoms with Crippen molar-refractivity contribution in [3.8, 4) is 6.07 Å². The van der Waals surface area contributed by atoms with Gasteiger partial charge in [-0.3, -0.25) is 4.79 Å². The molecule has 0 heterocycles. The predicted octanol–water partition coefficient (Wildman–Crippen LogP) is 1.22. The van der Waals surface area contributed by atoms with Crippen LogP contribution in [0.3, 0.4) is 0 Å². The summed E-state index contributed by atoms with van der Waals surface area (Å²) < 4.78 is 5.20. The van der Waals surface area contributed by atoms with Crippen molar-refractivity contribution in [3.63, 3.8) is 0 Å². The zero-order valence-corrected chi connectivity index (χ0v) is 9.16. The number of amides is 1. The molecule has 1 fully saturated rings. The summed E-state index contributed by atoms with van der Waals surface area (Å²) in [6, 6.07) is 1.84. The number of hydrogen-bond acceptors (Lipinski definition) is 3. The molecule has 0 aromatic carbocycles. The Labute approximate surface area is 90.6 Å². The quantitative estimate of drug-likeness (QED) is 0.643. The minimum Gasteiger partial charge on any atom is -0.381 e. The monoisotopic (exact) mass is 210 g/mol. The number of nitrogens with zero attached hydrogens (tertiary/aromatic N) is 1. The van der Waals surface area contributed by atoms with Gasteiger partial charge < -0.3 is 10.1 Å². The zero-order chi connectivity index (χ0) is 11.1. The van der Waals surface area contributed by atoms with E-state index in [1.54, 1.807) is 0 Å². The number of hydrogen-bond donors (Lipinski definition) is 1. The van der Waals surface area contributed by atoms with Crippen molar-refractivity contribution in [2.75, 3.05) is 13.2 Å². The van der Waals surface area contributed by atoms with Crippen molar-refractivity contribution in [1.82, 2.24) is 5.32 Å². The first-order valence-electron chi connectivity index (χ1n) is 5.54. The summed E-state index contributed by atoms with van der Waals surface area (Å²) in [5.41, 5.74) is 0. The molecule has 4 heteroatoms. The minimum absolute atomic E-state index is 0.0791. The van der Waals surface area contributed by atoms with Crippen molar-refractivity contribution >= 4 is 5.91 Å². The van der Waals surface area contributed by atoms with Crippen LogP contribution in [0.1, 0.15) is 32.6 Å². The first-order valence-corrected chi connectivity index (χ1v) is 5.54. The molecule has 0 bridgehead atoms. The second kappa shape index (κ2) is 6.41. The molecule has 0 radical (unpaired) electrons. The van der Waals surface area contributed by atoms with E-state index in [9.17, 15) is 4.79 Å². The van der Waals surface area contributed by atoms with E-state index >= 15 is 0 Å². The highest BCUT2D eigenvalue weighted by atomic mass is 16.5. The summed E-state index contributed by atoms with van der Waals surface area (Å²) in [5, 5.41) is 11.5. The second-order valence-corrected chi connectivity index (χ2v) is 3.87. The summed E-state index contributed by atoms with van der Waals surface area (Å²) in [6.45, 7) is 3.17. The number of carbonyl (C=O) groups excluding carboxylic acids is 1. The van der Waals surface area contributed by atoms with Crippen LogP contribution < -0.4 is 5.32 Å². The van der Waals surface area contributed by atoms with E-state index in [-0.39, 0.29) is 11.9 Å². The summed E-state index contributed by atoms with van der Waals surface area (Å²) in [7, 11) is 0. The van der Waals surface area contributed by atoms with E-state index in [0.29, 0.717) is 25.6 Å². The Morgan fingerprint density at radius 1 is 1.60 bits per heavy atom. The minimum atomic E-state index is -0.288. The molecule has 4 nitrogen and oxygen atoms in total. The van der Waals surface area contributed by atoms with Crippen LogP contribution in [0.25, 0.3) is 0 Å². The standard InChI is InChI=1S/C11H18N2O2/c1-2-6-15-7-5-11(14)13-10(8-12)9-3-4-9/h9-10H,2-7H2,1H3,(H,13,14). The Morgan fingerprint density at radius 3 is 2.87 bits per heavy atom. The maximum Gasteiger partial charge on any atom is 0.223 e. The normalized spacial score (nSPS) is 16.8. The smallest absolute Gasteiger partial charge is 0.223 e. The molecular formula is C11H18N2O2. The lowest BCUT2D eigenvalue weighted by atomic mass is 10.2. The van der Waals surface area contributed by atoms with Gasteiger partial charge in [-0.15, -0.1) is 0 Å². The summed E-state index contributed by atoms with van der Waals surface area (Å²) in [4.78, 5) is 11.4. The second-order valence-electron chi connectivity index (χ2n) is 3.87. The van der Waals surface area contributed by atoms with Crippen LogP contribution in [0, 0.1) is 17.2 Å². The molecule has 1 unspecified atom stereocenters. The number of carbonyl (C=O) groups is 1. The number of nitriles is 1. The van der Waals surface area contributed by atoms with Gasteiger partial charge in [0.25, 0.3) is 0 Å². The topological polar surface area (TPSA) is 62.1 Å². The molecule has 84 valence electrons. The van der Waals surface area contributed by atoms with E-state index < -0.39 is 0 Å². The van der Waals surface area contributed by atoms with Crippen molar-refractivity contribution in [2.45, 2.75) is 38.6 Å². The lowest BCUT2D eigenvalue weighted by molar-refractivity contribution is -0.122. The molecule has 1 amide bonds. The van der Waals surface area contributed by atoms with Gasteiger partial charge in [0.15, 0.2) is 0 Å². The van der Waals surface area contributed by atoms with Gasteiger partial charge in [-0.2, -0.15) is 5.26 Å². The van der Waals surface area contributed by atoms with Crippen LogP contribution in [-0.2, 0) is 9.53 Å². The van der Waals surface area contributed by atoms with Gasteiger partial charge >= 0.3 is 0 Å². The average molecular weight is 210 g/mol. The Balaban J connectivity index is 2.09. The third-order valence-corrected chi connectivity index (χ3v) is 2.37. The van der Waals surface area contributed by atoms with Crippen molar-refractivity contribution < 1.29 is 9.53 Å². The van der Waals surface area contributed by atoms with E-state index in [1.807, 2.05) is 6.92 Å². The summed E-state index contributed by atoms with van der Waals surface area (Å²) in [6.07, 6.45) is 3.44. The van der Waals surface area contributed by atoms with E-state index in [2.05, 4.69) is 11.4 Å². The Morgan fingerprint density at radius 2 is 2.33 bits per heavy atom. The average Bonchev–Trinajstić information content (AvgIpc) is 3.05. The number of ether oxygens (including phenoxy) is 1.